The minimum atomic E-state index is -1.25. The molecule has 158 valence electrons. The van der Waals surface area contributed by atoms with Crippen molar-refractivity contribution in [2.75, 3.05) is 31.8 Å². The summed E-state index contributed by atoms with van der Waals surface area (Å²) >= 11 is 1.53. The van der Waals surface area contributed by atoms with Gasteiger partial charge in [-0.1, -0.05) is 66.4 Å². The summed E-state index contributed by atoms with van der Waals surface area (Å²) < 4.78 is 1.09. The molecule has 0 bridgehead atoms. The van der Waals surface area contributed by atoms with Gasteiger partial charge in [0.2, 0.25) is 5.71 Å². The zero-order valence-corrected chi connectivity index (χ0v) is 18.8. The molecule has 0 saturated carbocycles. The number of amidine groups is 1. The molecule has 0 fully saturated rings. The third-order valence-electron chi connectivity index (χ3n) is 5.37. The van der Waals surface area contributed by atoms with Crippen LogP contribution in [0.2, 0.25) is 0 Å². The topological polar surface area (TPSA) is 44.9 Å². The Kier molecular flexibility index (Phi) is 6.00. The Bertz CT molecular complexity index is 1080. The summed E-state index contributed by atoms with van der Waals surface area (Å²) in [6.45, 7) is 0.449. The predicted octanol–water partition coefficient (Wildman–Crippen LogP) is 4.60. The Morgan fingerprint density at radius 2 is 1.48 bits per heavy atom. The number of anilines is 1. The van der Waals surface area contributed by atoms with Crippen LogP contribution in [0.3, 0.4) is 0 Å². The van der Waals surface area contributed by atoms with E-state index in [0.29, 0.717) is 12.3 Å². The first-order valence-electron chi connectivity index (χ1n) is 10.2. The molecule has 3 aromatic rings. The fraction of sp³-hybridized carbons (Fsp3) is 0.200. The van der Waals surface area contributed by atoms with Gasteiger partial charge in [-0.05, 0) is 42.7 Å². The van der Waals surface area contributed by atoms with E-state index in [9.17, 15) is 5.21 Å². The van der Waals surface area contributed by atoms with E-state index in [-0.39, 0.29) is 0 Å². The van der Waals surface area contributed by atoms with E-state index in [1.807, 2.05) is 116 Å². The van der Waals surface area contributed by atoms with Crippen molar-refractivity contribution in [3.8, 4) is 0 Å². The largest absolute Gasteiger partial charge is 0.620 e. The fourth-order valence-electron chi connectivity index (χ4n) is 3.91. The van der Waals surface area contributed by atoms with Gasteiger partial charge in [0.25, 0.3) is 0 Å². The van der Waals surface area contributed by atoms with Gasteiger partial charge in [-0.25, -0.2) is 0 Å². The molecule has 0 N–H and O–H groups in total. The molecule has 0 aromatic heterocycles. The van der Waals surface area contributed by atoms with Gasteiger partial charge in [0.1, 0.15) is 6.54 Å². The van der Waals surface area contributed by atoms with Gasteiger partial charge in [-0.15, -0.1) is 0 Å². The lowest BCUT2D eigenvalue weighted by Crippen LogP contribution is -2.48. The third-order valence-corrected chi connectivity index (χ3v) is 6.19. The Morgan fingerprint density at radius 3 is 2.03 bits per heavy atom. The number of thioether (sulfide) groups is 1. The number of hydroxylamine groups is 1. The van der Waals surface area contributed by atoms with E-state index in [2.05, 4.69) is 4.90 Å². The van der Waals surface area contributed by atoms with E-state index in [1.54, 1.807) is 0 Å². The second-order valence-corrected chi connectivity index (χ2v) is 8.30. The smallest absolute Gasteiger partial charge is 0.379 e. The van der Waals surface area contributed by atoms with Crippen LogP contribution in [0.15, 0.2) is 96.0 Å². The first-order chi connectivity index (χ1) is 15.1. The summed E-state index contributed by atoms with van der Waals surface area (Å²) in [5, 5.41) is 15.0. The summed E-state index contributed by atoms with van der Waals surface area (Å²) in [6, 6.07) is 29.7. The third kappa shape index (κ3) is 3.79. The molecule has 0 aliphatic carbocycles. The van der Waals surface area contributed by atoms with Gasteiger partial charge in [-0.3, -0.25) is 4.90 Å². The van der Waals surface area contributed by atoms with Gasteiger partial charge in [0.05, 0.1) is 5.56 Å². The highest BCUT2D eigenvalue weighted by atomic mass is 32.2. The fourth-order valence-corrected chi connectivity index (χ4v) is 4.49. The van der Waals surface area contributed by atoms with Crippen molar-refractivity contribution < 1.29 is 4.74 Å². The van der Waals surface area contributed by atoms with Crippen molar-refractivity contribution in [2.24, 2.45) is 4.99 Å². The van der Waals surface area contributed by atoms with Crippen molar-refractivity contribution in [1.82, 2.24) is 4.90 Å². The van der Waals surface area contributed by atoms with Gasteiger partial charge in [0, 0.05) is 25.3 Å². The normalized spacial score (nSPS) is 19.1. The molecule has 6 heteroatoms. The second-order valence-electron chi connectivity index (χ2n) is 7.52. The van der Waals surface area contributed by atoms with Crippen molar-refractivity contribution in [1.29, 1.82) is 0 Å². The Labute approximate surface area is 187 Å². The van der Waals surface area contributed by atoms with Crippen molar-refractivity contribution >= 4 is 28.3 Å². The quantitative estimate of drug-likeness (QED) is 0.263. The molecule has 1 unspecified atom stereocenters. The average Bonchev–Trinajstić information content (AvgIpc) is 3.12. The summed E-state index contributed by atoms with van der Waals surface area (Å²) in [5.41, 5.74) is 3.37. The van der Waals surface area contributed by atoms with Crippen molar-refractivity contribution in [3.05, 3.63) is 107 Å². The Hall–Kier alpha value is -3.25. The van der Waals surface area contributed by atoms with E-state index in [4.69, 9.17) is 4.99 Å². The molecule has 3 aromatic carbocycles. The van der Waals surface area contributed by atoms with Crippen LogP contribution in [0.5, 0.6) is 0 Å². The summed E-state index contributed by atoms with van der Waals surface area (Å²) in [6.07, 6.45) is 1.98. The first kappa shape index (κ1) is 21.0. The minimum Gasteiger partial charge on any atom is -0.620 e. The molecule has 0 saturated heterocycles. The molecule has 1 atom stereocenters. The van der Waals surface area contributed by atoms with Crippen molar-refractivity contribution in [3.63, 3.8) is 0 Å². The zero-order chi connectivity index (χ0) is 21.8. The summed E-state index contributed by atoms with van der Waals surface area (Å²) in [4.78, 5) is 9.18. The van der Waals surface area contributed by atoms with Crippen LogP contribution in [0.1, 0.15) is 11.1 Å². The average molecular weight is 431 g/mol. The molecule has 0 amide bonds. The zero-order valence-electron chi connectivity index (χ0n) is 18.0. The van der Waals surface area contributed by atoms with Crippen LogP contribution in [-0.2, 0) is 5.79 Å². The van der Waals surface area contributed by atoms with Gasteiger partial charge in [-0.2, -0.15) is 9.73 Å². The molecular weight excluding hydrogens is 404 g/mol. The lowest BCUT2D eigenvalue weighted by Gasteiger charge is -2.34. The predicted molar refractivity (Wildman–Crippen MR) is 131 cm³/mol. The monoisotopic (exact) mass is 430 g/mol. The molecule has 0 spiro atoms. The molecule has 0 radical (unpaired) electrons. The molecule has 1 aliphatic heterocycles. The molecular formula is C25H26N4OS. The molecule has 31 heavy (non-hydrogen) atoms. The number of para-hydroxylation sites is 1. The molecule has 5 nitrogen and oxygen atoms in total. The van der Waals surface area contributed by atoms with E-state index in [1.165, 1.54) is 11.8 Å². The first-order valence-corrected chi connectivity index (χ1v) is 11.4. The summed E-state index contributed by atoms with van der Waals surface area (Å²) in [7, 11) is 3.90. The van der Waals surface area contributed by atoms with Crippen LogP contribution in [0.4, 0.5) is 5.69 Å². The number of hydrogen-bond acceptors (Lipinski definition) is 4. The van der Waals surface area contributed by atoms with Crippen LogP contribution in [0, 0.1) is 5.21 Å². The SMILES string of the molecule is CS/C(=N/C1(c2ccccc2)N(c2ccccc2)CC(c2ccccc2)=[N+]1[O-])N(C)C. The maximum absolute atomic E-state index is 14.2. The molecule has 4 rings (SSSR count). The highest BCUT2D eigenvalue weighted by molar-refractivity contribution is 8.13. The van der Waals surface area contributed by atoms with Gasteiger partial charge in [0.15, 0.2) is 5.17 Å². The maximum atomic E-state index is 14.2. The van der Waals surface area contributed by atoms with Crippen LogP contribution in [-0.4, -0.2) is 47.4 Å². The molecule has 1 aliphatic rings. The Balaban J connectivity index is 2.04. The number of hydrogen-bond donors (Lipinski definition) is 0. The lowest BCUT2D eigenvalue weighted by molar-refractivity contribution is -0.547. The summed E-state index contributed by atoms with van der Waals surface area (Å²) in [5.74, 6) is -1.25. The van der Waals surface area contributed by atoms with E-state index < -0.39 is 5.79 Å². The van der Waals surface area contributed by atoms with E-state index >= 15 is 0 Å². The van der Waals surface area contributed by atoms with E-state index in [0.717, 1.165) is 26.7 Å². The van der Waals surface area contributed by atoms with Gasteiger partial charge < -0.3 is 10.1 Å². The van der Waals surface area contributed by atoms with Gasteiger partial charge >= 0.3 is 5.79 Å². The highest BCUT2D eigenvalue weighted by Gasteiger charge is 2.55. The van der Waals surface area contributed by atoms with Crippen LogP contribution >= 0.6 is 11.8 Å². The maximum Gasteiger partial charge on any atom is 0.379 e. The van der Waals surface area contributed by atoms with Crippen molar-refractivity contribution in [2.45, 2.75) is 5.79 Å². The Morgan fingerprint density at radius 1 is 0.935 bits per heavy atom. The van der Waals surface area contributed by atoms with Crippen LogP contribution < -0.4 is 4.90 Å². The highest BCUT2D eigenvalue weighted by Crippen LogP contribution is 2.40. The number of rotatable bonds is 4. The lowest BCUT2D eigenvalue weighted by atomic mass is 10.1. The van der Waals surface area contributed by atoms with Crippen LogP contribution in [0.25, 0.3) is 0 Å². The standard InChI is InChI=1S/C25H26N4OS/c1-27(2)24(31-3)26-25(21-15-9-5-10-16-21)28(22-17-11-6-12-18-22)19-23(29(25)30)20-13-7-4-8-14-20/h4-18H,19H2,1-3H3/b26-24+. The number of benzene rings is 3. The minimum absolute atomic E-state index is 0.449. The molecule has 1 heterocycles. The number of aliphatic imine (C=N–C) groups is 1. The second kappa shape index (κ2) is 8.86. The number of nitrogens with zero attached hydrogens (tertiary/aromatic N) is 4.